The summed E-state index contributed by atoms with van der Waals surface area (Å²) >= 11 is 0. The molecule has 26 heavy (non-hydrogen) atoms. The highest BCUT2D eigenvalue weighted by molar-refractivity contribution is 5.82. The molecule has 1 fully saturated rings. The Hall–Kier alpha value is -3.10. The molecule has 1 aliphatic heterocycles. The van der Waals surface area contributed by atoms with E-state index in [1.165, 1.54) is 6.33 Å². The van der Waals surface area contributed by atoms with E-state index in [0.717, 1.165) is 5.69 Å². The van der Waals surface area contributed by atoms with Gasteiger partial charge in [0.05, 0.1) is 17.8 Å². The van der Waals surface area contributed by atoms with Gasteiger partial charge < -0.3 is 10.6 Å². The number of amides is 1. The van der Waals surface area contributed by atoms with Crippen molar-refractivity contribution in [2.75, 3.05) is 5.32 Å². The maximum atomic E-state index is 12.0. The summed E-state index contributed by atoms with van der Waals surface area (Å²) in [5.74, 6) is 0.654. The fourth-order valence-electron chi connectivity index (χ4n) is 3.31. The lowest BCUT2D eigenvalue weighted by Crippen LogP contribution is -2.46. The zero-order valence-corrected chi connectivity index (χ0v) is 14.6. The molecule has 3 aromatic rings. The minimum Gasteiger partial charge on any atom is -0.363 e. The predicted octanol–water partition coefficient (Wildman–Crippen LogP) is 1.63. The standard InChI is InChI=1S/C17H20N8O/c1-10(2)25-12(5-6-22-25)14-11(3-4-13(26)24-14)23-17-15-16(20-9-21-17)19-8-7-18-15/h5-11,14H,3-4H2,1-2H3,(H,24,26)(H,19,20,21,23). The minimum absolute atomic E-state index is 0.0388. The van der Waals surface area contributed by atoms with Gasteiger partial charge in [-0.15, -0.1) is 0 Å². The summed E-state index contributed by atoms with van der Waals surface area (Å²) in [6.07, 6.45) is 7.59. The predicted molar refractivity (Wildman–Crippen MR) is 95.3 cm³/mol. The third-order valence-corrected chi connectivity index (χ3v) is 4.50. The molecule has 134 valence electrons. The SMILES string of the molecule is CC(C)n1nccc1C1NC(=O)CCC1Nc1ncnc2nccnc12. The van der Waals surface area contributed by atoms with E-state index in [1.807, 2.05) is 10.7 Å². The van der Waals surface area contributed by atoms with E-state index >= 15 is 0 Å². The van der Waals surface area contributed by atoms with E-state index in [-0.39, 0.29) is 24.0 Å². The number of anilines is 1. The van der Waals surface area contributed by atoms with Crippen molar-refractivity contribution in [3.63, 3.8) is 0 Å². The van der Waals surface area contributed by atoms with Crippen LogP contribution in [0.4, 0.5) is 5.82 Å². The second kappa shape index (κ2) is 6.66. The number of carbonyl (C=O) groups excluding carboxylic acids is 1. The topological polar surface area (TPSA) is 111 Å². The lowest BCUT2D eigenvalue weighted by molar-refractivity contribution is -0.123. The summed E-state index contributed by atoms with van der Waals surface area (Å²) in [5.41, 5.74) is 2.12. The van der Waals surface area contributed by atoms with Gasteiger partial charge in [-0.25, -0.2) is 19.9 Å². The van der Waals surface area contributed by atoms with Gasteiger partial charge in [0, 0.05) is 31.1 Å². The number of hydrogen-bond acceptors (Lipinski definition) is 7. The Morgan fingerprint density at radius 3 is 2.88 bits per heavy atom. The molecule has 0 bridgehead atoms. The van der Waals surface area contributed by atoms with Gasteiger partial charge in [-0.05, 0) is 26.3 Å². The van der Waals surface area contributed by atoms with E-state index < -0.39 is 0 Å². The number of rotatable bonds is 4. The summed E-state index contributed by atoms with van der Waals surface area (Å²) in [4.78, 5) is 29.1. The molecule has 1 amide bonds. The van der Waals surface area contributed by atoms with Crippen LogP contribution >= 0.6 is 0 Å². The molecule has 3 aromatic heterocycles. The van der Waals surface area contributed by atoms with Crippen molar-refractivity contribution >= 4 is 22.9 Å². The maximum Gasteiger partial charge on any atom is 0.220 e. The van der Waals surface area contributed by atoms with Crippen LogP contribution in [0.25, 0.3) is 11.2 Å². The molecular formula is C17H20N8O. The molecule has 1 aliphatic rings. The summed E-state index contributed by atoms with van der Waals surface area (Å²) in [7, 11) is 0. The van der Waals surface area contributed by atoms with Gasteiger partial charge in [0.1, 0.15) is 11.8 Å². The van der Waals surface area contributed by atoms with Gasteiger partial charge in [0.25, 0.3) is 0 Å². The molecule has 2 unspecified atom stereocenters. The van der Waals surface area contributed by atoms with Gasteiger partial charge in [-0.1, -0.05) is 0 Å². The molecule has 0 saturated carbocycles. The molecule has 1 saturated heterocycles. The fraction of sp³-hybridized carbons (Fsp3) is 0.412. The Morgan fingerprint density at radius 2 is 2.04 bits per heavy atom. The van der Waals surface area contributed by atoms with Crippen molar-refractivity contribution in [3.05, 3.63) is 36.7 Å². The van der Waals surface area contributed by atoms with Crippen LogP contribution in [0.5, 0.6) is 0 Å². The zero-order chi connectivity index (χ0) is 18.1. The molecule has 2 N–H and O–H groups in total. The van der Waals surface area contributed by atoms with Crippen LogP contribution in [-0.4, -0.2) is 41.7 Å². The molecule has 4 rings (SSSR count). The van der Waals surface area contributed by atoms with Crippen molar-refractivity contribution in [2.24, 2.45) is 0 Å². The second-order valence-electron chi connectivity index (χ2n) is 6.58. The minimum atomic E-state index is -0.206. The fourth-order valence-corrected chi connectivity index (χ4v) is 3.31. The van der Waals surface area contributed by atoms with Crippen LogP contribution in [0.3, 0.4) is 0 Å². The number of piperidine rings is 1. The van der Waals surface area contributed by atoms with E-state index in [1.54, 1.807) is 18.6 Å². The summed E-state index contributed by atoms with van der Waals surface area (Å²) in [6.45, 7) is 4.13. The molecule has 0 aromatic carbocycles. The number of carbonyl (C=O) groups is 1. The van der Waals surface area contributed by atoms with Gasteiger partial charge in [0.15, 0.2) is 11.5 Å². The highest BCUT2D eigenvalue weighted by Crippen LogP contribution is 2.29. The van der Waals surface area contributed by atoms with Gasteiger partial charge in [0.2, 0.25) is 5.91 Å². The third-order valence-electron chi connectivity index (χ3n) is 4.50. The molecule has 0 radical (unpaired) electrons. The number of nitrogens with zero attached hydrogens (tertiary/aromatic N) is 6. The first-order chi connectivity index (χ1) is 12.6. The average molecular weight is 352 g/mol. The first kappa shape index (κ1) is 16.4. The Bertz CT molecular complexity index is 932. The van der Waals surface area contributed by atoms with Crippen LogP contribution in [-0.2, 0) is 4.79 Å². The van der Waals surface area contributed by atoms with Gasteiger partial charge in [-0.2, -0.15) is 5.10 Å². The van der Waals surface area contributed by atoms with Crippen LogP contribution < -0.4 is 10.6 Å². The van der Waals surface area contributed by atoms with E-state index in [4.69, 9.17) is 0 Å². The van der Waals surface area contributed by atoms with Crippen LogP contribution in [0, 0.1) is 0 Å². The normalized spacial score (nSPS) is 20.3. The quantitative estimate of drug-likeness (QED) is 0.734. The van der Waals surface area contributed by atoms with Crippen LogP contribution in [0.2, 0.25) is 0 Å². The molecule has 0 spiro atoms. The summed E-state index contributed by atoms with van der Waals surface area (Å²) < 4.78 is 1.93. The number of hydrogen-bond donors (Lipinski definition) is 2. The van der Waals surface area contributed by atoms with Crippen LogP contribution in [0.1, 0.15) is 44.5 Å². The van der Waals surface area contributed by atoms with E-state index in [9.17, 15) is 4.79 Å². The molecule has 9 nitrogen and oxygen atoms in total. The third kappa shape index (κ3) is 2.96. The smallest absolute Gasteiger partial charge is 0.220 e. The largest absolute Gasteiger partial charge is 0.363 e. The summed E-state index contributed by atoms with van der Waals surface area (Å²) in [5, 5.41) is 10.9. The van der Waals surface area contributed by atoms with Gasteiger partial charge in [-0.3, -0.25) is 9.48 Å². The number of fused-ring (bicyclic) bond motifs is 1. The summed E-state index contributed by atoms with van der Waals surface area (Å²) in [6, 6.07) is 1.90. The van der Waals surface area contributed by atoms with Crippen molar-refractivity contribution in [3.8, 4) is 0 Å². The molecule has 4 heterocycles. The molecule has 9 heteroatoms. The second-order valence-corrected chi connectivity index (χ2v) is 6.58. The lowest BCUT2D eigenvalue weighted by atomic mass is 9.95. The number of aromatic nitrogens is 6. The first-order valence-corrected chi connectivity index (χ1v) is 8.64. The molecule has 2 atom stereocenters. The van der Waals surface area contributed by atoms with Crippen molar-refractivity contribution in [1.29, 1.82) is 0 Å². The van der Waals surface area contributed by atoms with Crippen molar-refractivity contribution < 1.29 is 4.79 Å². The highest BCUT2D eigenvalue weighted by Gasteiger charge is 2.33. The van der Waals surface area contributed by atoms with Crippen molar-refractivity contribution in [1.82, 2.24) is 35.0 Å². The highest BCUT2D eigenvalue weighted by atomic mass is 16.1. The molecular weight excluding hydrogens is 332 g/mol. The van der Waals surface area contributed by atoms with E-state index in [0.29, 0.717) is 29.8 Å². The first-order valence-electron chi connectivity index (χ1n) is 8.64. The monoisotopic (exact) mass is 352 g/mol. The van der Waals surface area contributed by atoms with Crippen molar-refractivity contribution in [2.45, 2.75) is 44.8 Å². The van der Waals surface area contributed by atoms with E-state index in [2.05, 4.69) is 49.5 Å². The zero-order valence-electron chi connectivity index (χ0n) is 14.6. The lowest BCUT2D eigenvalue weighted by Gasteiger charge is -2.34. The van der Waals surface area contributed by atoms with Gasteiger partial charge >= 0.3 is 0 Å². The Morgan fingerprint density at radius 1 is 1.19 bits per heavy atom. The Kier molecular flexibility index (Phi) is 4.19. The average Bonchev–Trinajstić information content (AvgIpc) is 3.13. The Balaban J connectivity index is 1.69. The van der Waals surface area contributed by atoms with Crippen LogP contribution in [0.15, 0.2) is 31.0 Å². The number of nitrogens with one attached hydrogen (secondary N) is 2. The molecule has 0 aliphatic carbocycles. The Labute approximate surface area is 150 Å². The maximum absolute atomic E-state index is 12.0.